The van der Waals surface area contributed by atoms with E-state index in [9.17, 15) is 13.2 Å². The Balaban J connectivity index is 2.27. The molecule has 1 atom stereocenters. The quantitative estimate of drug-likeness (QED) is 0.786. The van der Waals surface area contributed by atoms with Crippen LogP contribution < -0.4 is 4.90 Å². The summed E-state index contributed by atoms with van der Waals surface area (Å²) in [5.74, 6) is -0.966. The van der Waals surface area contributed by atoms with Gasteiger partial charge in [-0.05, 0) is 31.9 Å². The van der Waals surface area contributed by atoms with Crippen LogP contribution in [0.25, 0.3) is 0 Å². The van der Waals surface area contributed by atoms with Crippen LogP contribution in [0.4, 0.5) is 19.0 Å². The summed E-state index contributed by atoms with van der Waals surface area (Å²) in [5.41, 5.74) is 1.02. The van der Waals surface area contributed by atoms with Crippen LogP contribution in [0, 0.1) is 24.2 Å². The lowest BCUT2D eigenvalue weighted by molar-refractivity contribution is -0.176. The topological polar surface area (TPSA) is 39.9 Å². The maximum absolute atomic E-state index is 12.8. The Morgan fingerprint density at radius 3 is 2.79 bits per heavy atom. The van der Waals surface area contributed by atoms with E-state index in [1.807, 2.05) is 6.07 Å². The number of hydrogen-bond donors (Lipinski definition) is 0. The van der Waals surface area contributed by atoms with Crippen LogP contribution in [0.15, 0.2) is 12.1 Å². The zero-order valence-corrected chi connectivity index (χ0v) is 10.5. The Hall–Kier alpha value is -1.77. The summed E-state index contributed by atoms with van der Waals surface area (Å²) in [5, 5.41) is 9.03. The molecule has 2 rings (SSSR count). The highest BCUT2D eigenvalue weighted by atomic mass is 19.4. The Bertz CT molecular complexity index is 505. The zero-order chi connectivity index (χ0) is 14.0. The van der Waals surface area contributed by atoms with Gasteiger partial charge in [-0.15, -0.1) is 0 Å². The molecule has 0 saturated carbocycles. The largest absolute Gasteiger partial charge is 0.393 e. The maximum Gasteiger partial charge on any atom is 0.393 e. The molecule has 102 valence electrons. The van der Waals surface area contributed by atoms with E-state index >= 15 is 0 Å². The molecule has 0 aliphatic carbocycles. The normalized spacial score (nSPS) is 20.2. The fourth-order valence-electron chi connectivity index (χ4n) is 2.31. The molecule has 19 heavy (non-hydrogen) atoms. The third-order valence-electron chi connectivity index (χ3n) is 3.32. The Morgan fingerprint density at radius 2 is 2.16 bits per heavy atom. The molecule has 1 aliphatic rings. The molecule has 1 aromatic rings. The highest BCUT2D eigenvalue weighted by Gasteiger charge is 2.42. The van der Waals surface area contributed by atoms with Gasteiger partial charge in [0.2, 0.25) is 0 Å². The van der Waals surface area contributed by atoms with Crippen LogP contribution in [0.3, 0.4) is 0 Å². The number of halogens is 3. The van der Waals surface area contributed by atoms with E-state index < -0.39 is 12.1 Å². The molecule has 0 amide bonds. The van der Waals surface area contributed by atoms with Crippen LogP contribution in [0.2, 0.25) is 0 Å². The molecule has 0 aromatic carbocycles. The molecule has 0 radical (unpaired) electrons. The maximum atomic E-state index is 12.8. The van der Waals surface area contributed by atoms with E-state index in [-0.39, 0.29) is 13.0 Å². The van der Waals surface area contributed by atoms with Crippen molar-refractivity contribution in [1.29, 1.82) is 5.26 Å². The van der Waals surface area contributed by atoms with Crippen LogP contribution in [0.1, 0.15) is 24.1 Å². The second kappa shape index (κ2) is 5.08. The first-order chi connectivity index (χ1) is 8.91. The lowest BCUT2D eigenvalue weighted by Gasteiger charge is -2.34. The predicted molar refractivity (Wildman–Crippen MR) is 64.7 cm³/mol. The van der Waals surface area contributed by atoms with Crippen molar-refractivity contribution in [2.24, 2.45) is 5.92 Å². The minimum Gasteiger partial charge on any atom is -0.355 e. The minimum absolute atomic E-state index is 0.116. The van der Waals surface area contributed by atoms with E-state index in [1.165, 1.54) is 0 Å². The van der Waals surface area contributed by atoms with E-state index in [4.69, 9.17) is 5.26 Å². The molecule has 1 aliphatic heterocycles. The Labute approximate surface area is 109 Å². The highest BCUT2D eigenvalue weighted by Crippen LogP contribution is 2.35. The first kappa shape index (κ1) is 13.7. The minimum atomic E-state index is -4.19. The number of nitrogens with zero attached hydrogens (tertiary/aromatic N) is 3. The standard InChI is InChI=1S/C13H14F3N3/c1-9-4-5-10(7-17)12(18-9)19-6-2-3-11(8-19)13(14,15)16/h4-5,11H,2-3,6,8H2,1H3. The number of nitriles is 1. The van der Waals surface area contributed by atoms with Gasteiger partial charge < -0.3 is 4.90 Å². The monoisotopic (exact) mass is 269 g/mol. The summed E-state index contributed by atoms with van der Waals surface area (Å²) < 4.78 is 38.3. The number of alkyl halides is 3. The van der Waals surface area contributed by atoms with Crippen molar-refractivity contribution in [3.05, 3.63) is 23.4 Å². The molecule has 1 unspecified atom stereocenters. The molecule has 3 nitrogen and oxygen atoms in total. The van der Waals surface area contributed by atoms with Gasteiger partial charge in [0, 0.05) is 18.8 Å². The third-order valence-corrected chi connectivity index (χ3v) is 3.32. The molecule has 1 aromatic heterocycles. The van der Waals surface area contributed by atoms with Crippen molar-refractivity contribution >= 4 is 5.82 Å². The molecule has 6 heteroatoms. The summed E-state index contributed by atoms with van der Waals surface area (Å²) >= 11 is 0. The van der Waals surface area contributed by atoms with E-state index in [1.54, 1.807) is 24.0 Å². The average molecular weight is 269 g/mol. The van der Waals surface area contributed by atoms with Gasteiger partial charge in [-0.1, -0.05) is 0 Å². The van der Waals surface area contributed by atoms with Crippen LogP contribution in [-0.4, -0.2) is 24.2 Å². The predicted octanol–water partition coefficient (Wildman–Crippen LogP) is 3.04. The number of piperidine rings is 1. The van der Waals surface area contributed by atoms with E-state index in [0.717, 1.165) is 0 Å². The third kappa shape index (κ3) is 2.98. The molecule has 1 fully saturated rings. The highest BCUT2D eigenvalue weighted by molar-refractivity contribution is 5.54. The van der Waals surface area contributed by atoms with Crippen LogP contribution >= 0.6 is 0 Å². The zero-order valence-electron chi connectivity index (χ0n) is 10.5. The molecular weight excluding hydrogens is 255 g/mol. The van der Waals surface area contributed by atoms with Gasteiger partial charge in [0.25, 0.3) is 0 Å². The summed E-state index contributed by atoms with van der Waals surface area (Å²) in [6.07, 6.45) is -3.58. The fourth-order valence-corrected chi connectivity index (χ4v) is 2.31. The van der Waals surface area contributed by atoms with Crippen LogP contribution in [0.5, 0.6) is 0 Å². The lowest BCUT2D eigenvalue weighted by atomic mass is 9.97. The van der Waals surface area contributed by atoms with Gasteiger partial charge in [-0.2, -0.15) is 18.4 Å². The summed E-state index contributed by atoms with van der Waals surface area (Å²) in [7, 11) is 0. The molecule has 0 N–H and O–H groups in total. The molecule has 0 spiro atoms. The molecule has 1 saturated heterocycles. The van der Waals surface area contributed by atoms with E-state index in [0.29, 0.717) is 30.0 Å². The number of hydrogen-bond acceptors (Lipinski definition) is 3. The van der Waals surface area contributed by atoms with Gasteiger partial charge in [0.15, 0.2) is 0 Å². The van der Waals surface area contributed by atoms with Crippen LogP contribution in [-0.2, 0) is 0 Å². The number of rotatable bonds is 1. The van der Waals surface area contributed by atoms with Crippen molar-refractivity contribution in [1.82, 2.24) is 4.98 Å². The van der Waals surface area contributed by atoms with E-state index in [2.05, 4.69) is 4.98 Å². The number of anilines is 1. The second-order valence-corrected chi connectivity index (χ2v) is 4.76. The van der Waals surface area contributed by atoms with Gasteiger partial charge in [-0.3, -0.25) is 0 Å². The Morgan fingerprint density at radius 1 is 1.42 bits per heavy atom. The summed E-state index contributed by atoms with van der Waals surface area (Å²) in [6, 6.07) is 5.28. The smallest absolute Gasteiger partial charge is 0.355 e. The average Bonchev–Trinajstić information content (AvgIpc) is 2.38. The first-order valence-corrected chi connectivity index (χ1v) is 6.11. The summed E-state index contributed by atoms with van der Waals surface area (Å²) in [4.78, 5) is 5.80. The number of aromatic nitrogens is 1. The van der Waals surface area contributed by atoms with Crippen molar-refractivity contribution in [3.8, 4) is 6.07 Å². The molecule has 0 bridgehead atoms. The number of aryl methyl sites for hydroxylation is 1. The first-order valence-electron chi connectivity index (χ1n) is 6.11. The van der Waals surface area contributed by atoms with Crippen molar-refractivity contribution in [2.75, 3.05) is 18.0 Å². The second-order valence-electron chi connectivity index (χ2n) is 4.76. The SMILES string of the molecule is Cc1ccc(C#N)c(N2CCCC(C(F)(F)F)C2)n1. The van der Waals surface area contributed by atoms with Crippen molar-refractivity contribution in [3.63, 3.8) is 0 Å². The van der Waals surface area contributed by atoms with Gasteiger partial charge >= 0.3 is 6.18 Å². The summed E-state index contributed by atoms with van der Waals surface area (Å²) in [6.45, 7) is 2.15. The van der Waals surface area contributed by atoms with Gasteiger partial charge in [0.1, 0.15) is 11.9 Å². The van der Waals surface area contributed by atoms with Crippen molar-refractivity contribution in [2.45, 2.75) is 25.9 Å². The Kier molecular flexibility index (Phi) is 3.65. The van der Waals surface area contributed by atoms with Gasteiger partial charge in [-0.25, -0.2) is 4.98 Å². The molecule has 2 heterocycles. The van der Waals surface area contributed by atoms with Gasteiger partial charge in [0.05, 0.1) is 11.5 Å². The molecular formula is C13H14F3N3. The fraction of sp³-hybridized carbons (Fsp3) is 0.538. The lowest BCUT2D eigenvalue weighted by Crippen LogP contribution is -2.42. The van der Waals surface area contributed by atoms with Crippen molar-refractivity contribution < 1.29 is 13.2 Å². The number of pyridine rings is 1.